The second kappa shape index (κ2) is 7.92. The Labute approximate surface area is 145 Å². The fourth-order valence-electron chi connectivity index (χ4n) is 2.96. The van der Waals surface area contributed by atoms with Gasteiger partial charge in [0.05, 0.1) is 10.8 Å². The summed E-state index contributed by atoms with van der Waals surface area (Å²) in [6.07, 6.45) is 1.06. The minimum atomic E-state index is -3.82. The molecule has 1 aliphatic rings. The first kappa shape index (κ1) is 19.3. The minimum absolute atomic E-state index is 0.0723. The summed E-state index contributed by atoms with van der Waals surface area (Å²) in [4.78, 5) is 24.9. The Balaban J connectivity index is 1.91. The summed E-state index contributed by atoms with van der Waals surface area (Å²) in [7, 11) is -3.82. The van der Waals surface area contributed by atoms with Gasteiger partial charge in [-0.2, -0.15) is 0 Å². The Morgan fingerprint density at radius 3 is 2.56 bits per heavy atom. The van der Waals surface area contributed by atoms with E-state index in [1.54, 1.807) is 6.92 Å². The van der Waals surface area contributed by atoms with Crippen LogP contribution in [0.4, 0.5) is 4.39 Å². The molecule has 25 heavy (non-hydrogen) atoms. The van der Waals surface area contributed by atoms with Crippen molar-refractivity contribution in [2.45, 2.75) is 37.1 Å². The highest BCUT2D eigenvalue weighted by molar-refractivity contribution is 7.89. The average Bonchev–Trinajstić information content (AvgIpc) is 2.54. The number of nitrogens with zero attached hydrogens (tertiary/aromatic N) is 1. The fraction of sp³-hybridized carbons (Fsp3) is 0.500. The van der Waals surface area contributed by atoms with Gasteiger partial charge in [-0.1, -0.05) is 0 Å². The molecule has 0 radical (unpaired) electrons. The summed E-state index contributed by atoms with van der Waals surface area (Å²) in [6, 6.07) is 3.95. The monoisotopic (exact) mass is 372 g/mol. The van der Waals surface area contributed by atoms with Crippen LogP contribution in [0.3, 0.4) is 0 Å². The molecule has 0 saturated carbocycles. The number of amides is 1. The van der Waals surface area contributed by atoms with E-state index in [2.05, 4.69) is 4.72 Å². The predicted octanol–water partition coefficient (Wildman–Crippen LogP) is 1.21. The quantitative estimate of drug-likeness (QED) is 0.781. The zero-order valence-electron chi connectivity index (χ0n) is 13.8. The first-order valence-corrected chi connectivity index (χ1v) is 9.48. The predicted molar refractivity (Wildman–Crippen MR) is 87.7 cm³/mol. The number of carbonyl (C=O) groups excluding carboxylic acids is 1. The van der Waals surface area contributed by atoms with Gasteiger partial charge in [0.15, 0.2) is 0 Å². The zero-order valence-corrected chi connectivity index (χ0v) is 14.6. The van der Waals surface area contributed by atoms with Crippen LogP contribution in [0.2, 0.25) is 0 Å². The van der Waals surface area contributed by atoms with E-state index < -0.39 is 33.8 Å². The topological polar surface area (TPSA) is 104 Å². The highest BCUT2D eigenvalue weighted by Crippen LogP contribution is 2.24. The van der Waals surface area contributed by atoms with E-state index >= 15 is 0 Å². The number of halogens is 1. The molecule has 2 rings (SSSR count). The number of hydrogen-bond acceptors (Lipinski definition) is 4. The number of carboxylic acid groups (broad SMARTS) is 1. The normalized spacial score (nSPS) is 21.1. The largest absolute Gasteiger partial charge is 0.481 e. The molecule has 0 aliphatic carbocycles. The van der Waals surface area contributed by atoms with Gasteiger partial charge < -0.3 is 10.0 Å². The van der Waals surface area contributed by atoms with Crippen molar-refractivity contribution < 1.29 is 27.5 Å². The van der Waals surface area contributed by atoms with E-state index in [9.17, 15) is 27.5 Å². The first-order valence-electron chi connectivity index (χ1n) is 8.00. The van der Waals surface area contributed by atoms with E-state index in [1.807, 2.05) is 0 Å². The van der Waals surface area contributed by atoms with Crippen LogP contribution in [0.5, 0.6) is 0 Å². The van der Waals surface area contributed by atoms with Crippen LogP contribution in [-0.4, -0.2) is 49.4 Å². The van der Waals surface area contributed by atoms with Gasteiger partial charge in [-0.15, -0.1) is 0 Å². The number of likely N-dealkylation sites (tertiary alicyclic amines) is 1. The molecule has 9 heteroatoms. The van der Waals surface area contributed by atoms with Crippen LogP contribution in [0.25, 0.3) is 0 Å². The van der Waals surface area contributed by atoms with Gasteiger partial charge in [0.1, 0.15) is 5.82 Å². The number of benzene rings is 1. The third-order valence-corrected chi connectivity index (χ3v) is 5.86. The van der Waals surface area contributed by atoms with E-state index in [4.69, 9.17) is 0 Å². The number of aliphatic carboxylic acids is 1. The summed E-state index contributed by atoms with van der Waals surface area (Å²) in [6.45, 7) is 2.05. The summed E-state index contributed by atoms with van der Waals surface area (Å²) in [5.74, 6) is -2.36. The number of piperidine rings is 1. The molecule has 1 aliphatic heterocycles. The fourth-order valence-corrected chi connectivity index (χ4v) is 3.99. The van der Waals surface area contributed by atoms with Crippen LogP contribution in [-0.2, 0) is 19.6 Å². The summed E-state index contributed by atoms with van der Waals surface area (Å²) >= 11 is 0. The lowest BCUT2D eigenvalue weighted by atomic mass is 9.90. The SMILES string of the molecule is C[C@@H]1[C@H](C(=O)O)CCCN1C(=O)CCNS(=O)(=O)c1ccc(F)cc1. The van der Waals surface area contributed by atoms with E-state index in [0.29, 0.717) is 19.4 Å². The molecule has 2 atom stereocenters. The van der Waals surface area contributed by atoms with Gasteiger partial charge in [-0.05, 0) is 44.0 Å². The lowest BCUT2D eigenvalue weighted by molar-refractivity contribution is -0.149. The molecule has 7 nitrogen and oxygen atoms in total. The Kier molecular flexibility index (Phi) is 6.12. The molecule has 1 aromatic carbocycles. The van der Waals surface area contributed by atoms with Gasteiger partial charge in [0, 0.05) is 25.6 Å². The molecular weight excluding hydrogens is 351 g/mol. The van der Waals surface area contributed by atoms with Gasteiger partial charge in [-0.25, -0.2) is 17.5 Å². The molecule has 1 heterocycles. The maximum atomic E-state index is 12.9. The summed E-state index contributed by atoms with van der Waals surface area (Å²) < 4.78 is 39.3. The van der Waals surface area contributed by atoms with Crippen LogP contribution >= 0.6 is 0 Å². The van der Waals surface area contributed by atoms with Crippen molar-refractivity contribution in [2.75, 3.05) is 13.1 Å². The maximum absolute atomic E-state index is 12.9. The van der Waals surface area contributed by atoms with Crippen LogP contribution in [0.1, 0.15) is 26.2 Å². The lowest BCUT2D eigenvalue weighted by Gasteiger charge is -2.37. The number of nitrogens with one attached hydrogen (secondary N) is 1. The zero-order chi connectivity index (χ0) is 18.6. The highest BCUT2D eigenvalue weighted by Gasteiger charge is 2.35. The Morgan fingerprint density at radius 2 is 1.96 bits per heavy atom. The van der Waals surface area contributed by atoms with Crippen molar-refractivity contribution in [3.05, 3.63) is 30.1 Å². The molecule has 1 fully saturated rings. The smallest absolute Gasteiger partial charge is 0.308 e. The van der Waals surface area contributed by atoms with Gasteiger partial charge in [0.2, 0.25) is 15.9 Å². The number of carboxylic acids is 1. The number of hydrogen-bond donors (Lipinski definition) is 2. The van der Waals surface area contributed by atoms with Crippen LogP contribution in [0.15, 0.2) is 29.2 Å². The third-order valence-electron chi connectivity index (χ3n) is 4.38. The minimum Gasteiger partial charge on any atom is -0.481 e. The van der Waals surface area contributed by atoms with Crippen LogP contribution < -0.4 is 4.72 Å². The van der Waals surface area contributed by atoms with E-state index in [1.165, 1.54) is 4.90 Å². The van der Waals surface area contributed by atoms with Crippen molar-refractivity contribution in [1.29, 1.82) is 0 Å². The molecule has 138 valence electrons. The number of sulfonamides is 1. The molecule has 1 amide bonds. The molecule has 0 unspecified atom stereocenters. The van der Waals surface area contributed by atoms with Crippen molar-refractivity contribution >= 4 is 21.9 Å². The first-order chi connectivity index (χ1) is 11.7. The molecule has 0 spiro atoms. The molecule has 0 aromatic heterocycles. The molecule has 2 N–H and O–H groups in total. The highest BCUT2D eigenvalue weighted by atomic mass is 32.2. The van der Waals surface area contributed by atoms with Crippen molar-refractivity contribution in [1.82, 2.24) is 9.62 Å². The van der Waals surface area contributed by atoms with Crippen molar-refractivity contribution in [2.24, 2.45) is 5.92 Å². The Bertz CT molecular complexity index is 735. The van der Waals surface area contributed by atoms with Crippen molar-refractivity contribution in [3.63, 3.8) is 0 Å². The lowest BCUT2D eigenvalue weighted by Crippen LogP contribution is -2.49. The van der Waals surface area contributed by atoms with E-state index in [-0.39, 0.29) is 23.8 Å². The Hall–Kier alpha value is -2.00. The van der Waals surface area contributed by atoms with Gasteiger partial charge in [-0.3, -0.25) is 9.59 Å². The molecule has 1 saturated heterocycles. The summed E-state index contributed by atoms with van der Waals surface area (Å²) in [5.41, 5.74) is 0. The number of carbonyl (C=O) groups is 2. The standard InChI is InChI=1S/C16H21FN2O5S/c1-11-14(16(21)22)3-2-10-19(11)15(20)8-9-18-25(23,24)13-6-4-12(17)5-7-13/h4-7,11,14,18H,2-3,8-10H2,1H3,(H,21,22)/t11-,14-/m1/s1. The maximum Gasteiger partial charge on any atom is 0.308 e. The van der Waals surface area contributed by atoms with Crippen molar-refractivity contribution in [3.8, 4) is 0 Å². The van der Waals surface area contributed by atoms with Crippen LogP contribution in [0, 0.1) is 11.7 Å². The average molecular weight is 372 g/mol. The van der Waals surface area contributed by atoms with Gasteiger partial charge in [0.25, 0.3) is 0 Å². The number of rotatable bonds is 6. The third kappa shape index (κ3) is 4.76. The Morgan fingerprint density at radius 1 is 1.32 bits per heavy atom. The van der Waals surface area contributed by atoms with Gasteiger partial charge >= 0.3 is 5.97 Å². The molecule has 0 bridgehead atoms. The molecule has 1 aromatic rings. The molecular formula is C16H21FN2O5S. The second-order valence-electron chi connectivity index (χ2n) is 6.02. The van der Waals surface area contributed by atoms with E-state index in [0.717, 1.165) is 24.3 Å². The second-order valence-corrected chi connectivity index (χ2v) is 7.78. The summed E-state index contributed by atoms with van der Waals surface area (Å²) in [5, 5.41) is 9.18.